The Morgan fingerprint density at radius 3 is 2.22 bits per heavy atom. The molecule has 1 aromatic rings. The highest BCUT2D eigenvalue weighted by atomic mass is 35.5. The van der Waals surface area contributed by atoms with E-state index < -0.39 is 17.8 Å². The summed E-state index contributed by atoms with van der Waals surface area (Å²) >= 11 is 5.79. The molecule has 9 heteroatoms. The smallest absolute Gasteiger partial charge is 0.408 e. The van der Waals surface area contributed by atoms with E-state index in [1.807, 2.05) is 0 Å². The van der Waals surface area contributed by atoms with Crippen LogP contribution in [-0.2, 0) is 14.3 Å². The van der Waals surface area contributed by atoms with Gasteiger partial charge in [-0.2, -0.15) is 0 Å². The van der Waals surface area contributed by atoms with Crippen molar-refractivity contribution >= 4 is 29.5 Å². The molecule has 0 aliphatic rings. The molecule has 1 unspecified atom stereocenters. The summed E-state index contributed by atoms with van der Waals surface area (Å²) in [5.41, 5.74) is -0.629. The molecule has 0 radical (unpaired) electrons. The number of rotatable bonds is 8. The minimum Gasteiger partial charge on any atom is -0.481 e. The minimum absolute atomic E-state index is 0.209. The Balaban J connectivity index is 2.19. The van der Waals surface area contributed by atoms with Gasteiger partial charge in [0.25, 0.3) is 5.91 Å². The summed E-state index contributed by atoms with van der Waals surface area (Å²) in [6.07, 6.45) is -1.37. The number of hydrogen-bond donors (Lipinski definition) is 3. The standard InChI is InChI=1S/C18H26ClN3O5/c1-12(26-14-7-5-13(19)6-8-14)16(24)21-10-9-20-15(23)11-22-17(25)27-18(2,3)4/h5-8,12H,9-11H2,1-4H3,(H,20,23)(H,21,24)(H,22,25). The van der Waals surface area contributed by atoms with Gasteiger partial charge in [-0.05, 0) is 52.0 Å². The summed E-state index contributed by atoms with van der Waals surface area (Å²) in [6.45, 7) is 7.04. The van der Waals surface area contributed by atoms with Crippen molar-refractivity contribution in [3.63, 3.8) is 0 Å². The number of carbonyl (C=O) groups excluding carboxylic acids is 3. The molecule has 3 N–H and O–H groups in total. The van der Waals surface area contributed by atoms with Gasteiger partial charge in [-0.15, -0.1) is 0 Å². The monoisotopic (exact) mass is 399 g/mol. The van der Waals surface area contributed by atoms with Crippen LogP contribution in [0.25, 0.3) is 0 Å². The molecule has 0 bridgehead atoms. The molecular weight excluding hydrogens is 374 g/mol. The average Bonchev–Trinajstić information content (AvgIpc) is 2.57. The van der Waals surface area contributed by atoms with Gasteiger partial charge in [-0.1, -0.05) is 11.6 Å². The number of carbonyl (C=O) groups is 3. The highest BCUT2D eigenvalue weighted by molar-refractivity contribution is 6.30. The van der Waals surface area contributed by atoms with Gasteiger partial charge >= 0.3 is 6.09 Å². The number of benzene rings is 1. The Bertz CT molecular complexity index is 643. The highest BCUT2D eigenvalue weighted by Crippen LogP contribution is 2.16. The Hall–Kier alpha value is -2.48. The predicted octanol–water partition coefficient (Wildman–Crippen LogP) is 1.86. The zero-order chi connectivity index (χ0) is 20.4. The largest absolute Gasteiger partial charge is 0.481 e. The maximum atomic E-state index is 12.0. The van der Waals surface area contributed by atoms with Crippen LogP contribution in [0.4, 0.5) is 4.79 Å². The average molecular weight is 400 g/mol. The van der Waals surface area contributed by atoms with E-state index >= 15 is 0 Å². The van der Waals surface area contributed by atoms with E-state index in [-0.39, 0.29) is 31.4 Å². The Kier molecular flexibility index (Phi) is 8.87. The van der Waals surface area contributed by atoms with Crippen LogP contribution in [-0.4, -0.2) is 49.2 Å². The fraction of sp³-hybridized carbons (Fsp3) is 0.500. The van der Waals surface area contributed by atoms with Crippen LogP contribution in [0.1, 0.15) is 27.7 Å². The molecule has 0 aliphatic heterocycles. The van der Waals surface area contributed by atoms with Gasteiger partial charge in [0.15, 0.2) is 6.10 Å². The van der Waals surface area contributed by atoms with Gasteiger partial charge in [-0.25, -0.2) is 4.79 Å². The van der Waals surface area contributed by atoms with Crippen LogP contribution in [0.5, 0.6) is 5.75 Å². The van der Waals surface area contributed by atoms with Crippen molar-refractivity contribution in [2.75, 3.05) is 19.6 Å². The van der Waals surface area contributed by atoms with E-state index in [2.05, 4.69) is 16.0 Å². The van der Waals surface area contributed by atoms with Crippen LogP contribution in [0, 0.1) is 0 Å². The van der Waals surface area contributed by atoms with Crippen LogP contribution in [0.15, 0.2) is 24.3 Å². The lowest BCUT2D eigenvalue weighted by molar-refractivity contribution is -0.127. The zero-order valence-electron chi connectivity index (χ0n) is 15.9. The van der Waals surface area contributed by atoms with Crippen LogP contribution in [0.3, 0.4) is 0 Å². The third-order valence-corrected chi connectivity index (χ3v) is 3.29. The number of ether oxygens (including phenoxy) is 2. The molecule has 0 aromatic heterocycles. The van der Waals surface area contributed by atoms with Crippen LogP contribution >= 0.6 is 11.6 Å². The summed E-state index contributed by atoms with van der Waals surface area (Å²) in [4.78, 5) is 35.0. The molecule has 0 heterocycles. The normalized spacial score (nSPS) is 11.9. The maximum absolute atomic E-state index is 12.0. The predicted molar refractivity (Wildman–Crippen MR) is 102 cm³/mol. The maximum Gasteiger partial charge on any atom is 0.408 e. The molecule has 0 fully saturated rings. The molecule has 8 nitrogen and oxygen atoms in total. The van der Waals surface area contributed by atoms with Gasteiger partial charge in [0.2, 0.25) is 5.91 Å². The second kappa shape index (κ2) is 10.6. The van der Waals surface area contributed by atoms with Crippen molar-refractivity contribution in [3.8, 4) is 5.75 Å². The lowest BCUT2D eigenvalue weighted by atomic mass is 10.2. The Morgan fingerprint density at radius 1 is 1.04 bits per heavy atom. The van der Waals surface area contributed by atoms with Gasteiger partial charge in [-0.3, -0.25) is 9.59 Å². The third kappa shape index (κ3) is 10.3. The van der Waals surface area contributed by atoms with Crippen LogP contribution < -0.4 is 20.7 Å². The molecule has 3 amide bonds. The van der Waals surface area contributed by atoms with Crippen molar-refractivity contribution in [1.82, 2.24) is 16.0 Å². The van der Waals surface area contributed by atoms with E-state index in [1.165, 1.54) is 0 Å². The Morgan fingerprint density at radius 2 is 1.63 bits per heavy atom. The van der Waals surface area contributed by atoms with E-state index in [9.17, 15) is 14.4 Å². The first-order valence-electron chi connectivity index (χ1n) is 8.50. The minimum atomic E-state index is -0.698. The molecule has 27 heavy (non-hydrogen) atoms. The first-order valence-corrected chi connectivity index (χ1v) is 8.88. The SMILES string of the molecule is CC(Oc1ccc(Cl)cc1)C(=O)NCCNC(=O)CNC(=O)OC(C)(C)C. The van der Waals surface area contributed by atoms with Gasteiger partial charge in [0, 0.05) is 18.1 Å². The van der Waals surface area contributed by atoms with Crippen LogP contribution in [0.2, 0.25) is 5.02 Å². The van der Waals surface area contributed by atoms with Crippen molar-refractivity contribution in [3.05, 3.63) is 29.3 Å². The first kappa shape index (κ1) is 22.6. The second-order valence-corrected chi connectivity index (χ2v) is 7.15. The zero-order valence-corrected chi connectivity index (χ0v) is 16.7. The topological polar surface area (TPSA) is 106 Å². The van der Waals surface area contributed by atoms with Gasteiger partial charge in [0.05, 0.1) is 6.54 Å². The summed E-state index contributed by atoms with van der Waals surface area (Å²) in [6, 6.07) is 6.68. The summed E-state index contributed by atoms with van der Waals surface area (Å²) in [5.74, 6) is -0.171. The number of hydrogen-bond acceptors (Lipinski definition) is 5. The van der Waals surface area contributed by atoms with E-state index in [4.69, 9.17) is 21.1 Å². The lowest BCUT2D eigenvalue weighted by Crippen LogP contribution is -2.43. The molecular formula is C18H26ClN3O5. The number of alkyl carbamates (subject to hydrolysis) is 1. The summed E-state index contributed by atoms with van der Waals surface area (Å²) < 4.78 is 10.5. The molecule has 1 rings (SSSR count). The molecule has 150 valence electrons. The lowest BCUT2D eigenvalue weighted by Gasteiger charge is -2.19. The number of halogens is 1. The second-order valence-electron chi connectivity index (χ2n) is 6.71. The fourth-order valence-corrected chi connectivity index (χ4v) is 1.96. The molecule has 0 saturated heterocycles. The summed E-state index contributed by atoms with van der Waals surface area (Å²) in [7, 11) is 0. The number of amides is 3. The summed E-state index contributed by atoms with van der Waals surface area (Å²) in [5, 5.41) is 8.15. The van der Waals surface area contributed by atoms with Crippen molar-refractivity contribution in [2.24, 2.45) is 0 Å². The quantitative estimate of drug-likeness (QED) is 0.578. The number of nitrogens with one attached hydrogen (secondary N) is 3. The van der Waals surface area contributed by atoms with Gasteiger partial charge in [0.1, 0.15) is 11.4 Å². The van der Waals surface area contributed by atoms with E-state index in [1.54, 1.807) is 52.0 Å². The molecule has 1 atom stereocenters. The van der Waals surface area contributed by atoms with Crippen molar-refractivity contribution < 1.29 is 23.9 Å². The highest BCUT2D eigenvalue weighted by Gasteiger charge is 2.17. The third-order valence-electron chi connectivity index (χ3n) is 3.03. The van der Waals surface area contributed by atoms with Crippen molar-refractivity contribution in [2.45, 2.75) is 39.4 Å². The van der Waals surface area contributed by atoms with E-state index in [0.29, 0.717) is 10.8 Å². The van der Waals surface area contributed by atoms with E-state index in [0.717, 1.165) is 0 Å². The fourth-order valence-electron chi connectivity index (χ4n) is 1.83. The molecule has 0 saturated carbocycles. The molecule has 0 aliphatic carbocycles. The molecule has 1 aromatic carbocycles. The first-order chi connectivity index (χ1) is 12.6. The van der Waals surface area contributed by atoms with Gasteiger partial charge < -0.3 is 25.4 Å². The van der Waals surface area contributed by atoms with Crippen molar-refractivity contribution in [1.29, 1.82) is 0 Å². The molecule has 0 spiro atoms. The Labute approximate surface area is 163 Å².